The highest BCUT2D eigenvalue weighted by molar-refractivity contribution is 5.16. The first-order chi connectivity index (χ1) is 7.16. The van der Waals surface area contributed by atoms with Crippen LogP contribution >= 0.6 is 0 Å². The minimum Gasteiger partial charge on any atom is -0.339 e. The van der Waals surface area contributed by atoms with Crippen LogP contribution < -0.4 is 5.73 Å². The number of hydrogen-bond donors (Lipinski definition) is 1. The van der Waals surface area contributed by atoms with E-state index in [9.17, 15) is 0 Å². The summed E-state index contributed by atoms with van der Waals surface area (Å²) >= 11 is 0. The molecule has 0 spiro atoms. The standard InChI is InChI=1S/C11H19N3O/c1-8(2)3-4-9-13-10(15-14-9)11(7-12)5-6-11/h8H,3-7,12H2,1-2H3. The van der Waals surface area contributed by atoms with E-state index >= 15 is 0 Å². The van der Waals surface area contributed by atoms with Crippen LogP contribution in [0, 0.1) is 5.92 Å². The van der Waals surface area contributed by atoms with Gasteiger partial charge >= 0.3 is 0 Å². The highest BCUT2D eigenvalue weighted by Gasteiger charge is 2.48. The molecule has 0 aromatic carbocycles. The number of aromatic nitrogens is 2. The summed E-state index contributed by atoms with van der Waals surface area (Å²) in [5.74, 6) is 2.26. The Kier molecular flexibility index (Phi) is 2.78. The summed E-state index contributed by atoms with van der Waals surface area (Å²) < 4.78 is 5.27. The van der Waals surface area contributed by atoms with Crippen molar-refractivity contribution in [1.82, 2.24) is 10.1 Å². The van der Waals surface area contributed by atoms with Crippen LogP contribution in [0.25, 0.3) is 0 Å². The summed E-state index contributed by atoms with van der Waals surface area (Å²) in [6, 6.07) is 0. The molecule has 0 unspecified atom stereocenters. The largest absolute Gasteiger partial charge is 0.339 e. The average Bonchev–Trinajstić information content (AvgIpc) is 2.87. The molecule has 1 aliphatic carbocycles. The zero-order chi connectivity index (χ0) is 10.9. The first-order valence-corrected chi connectivity index (χ1v) is 5.69. The Balaban J connectivity index is 1.98. The van der Waals surface area contributed by atoms with Gasteiger partial charge in [-0.25, -0.2) is 0 Å². The number of nitrogens with two attached hydrogens (primary N) is 1. The Bertz CT molecular complexity index is 328. The molecule has 0 bridgehead atoms. The van der Waals surface area contributed by atoms with Crippen LogP contribution in [-0.2, 0) is 11.8 Å². The van der Waals surface area contributed by atoms with Gasteiger partial charge in [0.05, 0.1) is 5.41 Å². The molecule has 0 amide bonds. The molecule has 1 saturated carbocycles. The molecule has 15 heavy (non-hydrogen) atoms. The summed E-state index contributed by atoms with van der Waals surface area (Å²) in [6.07, 6.45) is 4.20. The molecule has 1 fully saturated rings. The zero-order valence-electron chi connectivity index (χ0n) is 9.49. The molecule has 1 aromatic rings. The van der Waals surface area contributed by atoms with E-state index in [0.29, 0.717) is 12.5 Å². The summed E-state index contributed by atoms with van der Waals surface area (Å²) in [4.78, 5) is 4.43. The monoisotopic (exact) mass is 209 g/mol. The van der Waals surface area contributed by atoms with Crippen LogP contribution in [0.5, 0.6) is 0 Å². The van der Waals surface area contributed by atoms with Crippen molar-refractivity contribution in [1.29, 1.82) is 0 Å². The second kappa shape index (κ2) is 3.93. The fraction of sp³-hybridized carbons (Fsp3) is 0.818. The molecule has 2 N–H and O–H groups in total. The minimum atomic E-state index is 0.0308. The van der Waals surface area contributed by atoms with Crippen molar-refractivity contribution in [2.45, 2.75) is 44.9 Å². The minimum absolute atomic E-state index is 0.0308. The lowest BCUT2D eigenvalue weighted by atomic mass is 10.1. The summed E-state index contributed by atoms with van der Waals surface area (Å²) in [5, 5.41) is 4.00. The van der Waals surface area contributed by atoms with Gasteiger partial charge in [0.1, 0.15) is 0 Å². The van der Waals surface area contributed by atoms with Crippen LogP contribution in [0.3, 0.4) is 0 Å². The molecule has 2 rings (SSSR count). The number of aryl methyl sites for hydroxylation is 1. The first kappa shape index (κ1) is 10.6. The van der Waals surface area contributed by atoms with E-state index in [-0.39, 0.29) is 5.41 Å². The highest BCUT2D eigenvalue weighted by Crippen LogP contribution is 2.46. The van der Waals surface area contributed by atoms with Crippen LogP contribution in [0.2, 0.25) is 0 Å². The summed E-state index contributed by atoms with van der Waals surface area (Å²) in [7, 11) is 0. The predicted octanol–water partition coefficient (Wildman–Crippen LogP) is 1.65. The lowest BCUT2D eigenvalue weighted by molar-refractivity contribution is 0.342. The van der Waals surface area contributed by atoms with Crippen molar-refractivity contribution in [3.63, 3.8) is 0 Å². The molecular formula is C11H19N3O. The molecule has 84 valence electrons. The van der Waals surface area contributed by atoms with E-state index in [1.165, 1.54) is 0 Å². The maximum Gasteiger partial charge on any atom is 0.234 e. The lowest BCUT2D eigenvalue weighted by Crippen LogP contribution is -2.20. The Morgan fingerprint density at radius 2 is 2.20 bits per heavy atom. The number of nitrogens with zero attached hydrogens (tertiary/aromatic N) is 2. The Labute approximate surface area is 90.2 Å². The van der Waals surface area contributed by atoms with Crippen LogP contribution in [0.4, 0.5) is 0 Å². The lowest BCUT2D eigenvalue weighted by Gasteiger charge is -2.03. The predicted molar refractivity (Wildman–Crippen MR) is 57.4 cm³/mol. The third-order valence-corrected chi connectivity index (χ3v) is 3.11. The maximum atomic E-state index is 5.70. The van der Waals surface area contributed by atoms with E-state index in [2.05, 4.69) is 24.0 Å². The van der Waals surface area contributed by atoms with Gasteiger partial charge in [0.2, 0.25) is 5.89 Å². The van der Waals surface area contributed by atoms with Gasteiger partial charge in [0, 0.05) is 13.0 Å². The number of hydrogen-bond acceptors (Lipinski definition) is 4. The van der Waals surface area contributed by atoms with E-state index in [0.717, 1.165) is 37.4 Å². The van der Waals surface area contributed by atoms with E-state index in [4.69, 9.17) is 10.3 Å². The van der Waals surface area contributed by atoms with Gasteiger partial charge < -0.3 is 10.3 Å². The fourth-order valence-electron chi connectivity index (χ4n) is 1.64. The smallest absolute Gasteiger partial charge is 0.234 e. The normalized spacial score (nSPS) is 18.4. The summed E-state index contributed by atoms with van der Waals surface area (Å²) in [5.41, 5.74) is 5.74. The molecule has 0 aliphatic heterocycles. The third kappa shape index (κ3) is 2.20. The Morgan fingerprint density at radius 3 is 2.73 bits per heavy atom. The second-order valence-electron chi connectivity index (χ2n) is 4.93. The van der Waals surface area contributed by atoms with Crippen molar-refractivity contribution in [3.05, 3.63) is 11.7 Å². The first-order valence-electron chi connectivity index (χ1n) is 5.69. The Hall–Kier alpha value is -0.900. The van der Waals surface area contributed by atoms with Crippen molar-refractivity contribution in [2.24, 2.45) is 11.7 Å². The van der Waals surface area contributed by atoms with E-state index in [1.54, 1.807) is 0 Å². The Morgan fingerprint density at radius 1 is 1.47 bits per heavy atom. The van der Waals surface area contributed by atoms with Gasteiger partial charge in [0.15, 0.2) is 5.82 Å². The van der Waals surface area contributed by atoms with Crippen LogP contribution in [0.1, 0.15) is 44.8 Å². The molecule has 0 radical (unpaired) electrons. The van der Waals surface area contributed by atoms with Crippen molar-refractivity contribution in [2.75, 3.05) is 6.54 Å². The molecular weight excluding hydrogens is 190 g/mol. The van der Waals surface area contributed by atoms with Crippen molar-refractivity contribution < 1.29 is 4.52 Å². The van der Waals surface area contributed by atoms with Crippen molar-refractivity contribution >= 4 is 0 Å². The average molecular weight is 209 g/mol. The molecule has 0 atom stereocenters. The third-order valence-electron chi connectivity index (χ3n) is 3.11. The van der Waals surface area contributed by atoms with Gasteiger partial charge in [-0.15, -0.1) is 0 Å². The van der Waals surface area contributed by atoms with Crippen LogP contribution in [0.15, 0.2) is 4.52 Å². The van der Waals surface area contributed by atoms with Gasteiger partial charge in [-0.05, 0) is 25.2 Å². The zero-order valence-corrected chi connectivity index (χ0v) is 9.49. The molecule has 1 heterocycles. The van der Waals surface area contributed by atoms with Gasteiger partial charge in [-0.3, -0.25) is 0 Å². The van der Waals surface area contributed by atoms with Crippen LogP contribution in [-0.4, -0.2) is 16.7 Å². The summed E-state index contributed by atoms with van der Waals surface area (Å²) in [6.45, 7) is 5.02. The van der Waals surface area contributed by atoms with Gasteiger partial charge in [-0.1, -0.05) is 19.0 Å². The molecule has 1 aliphatic rings. The molecule has 0 saturated heterocycles. The molecule has 1 aromatic heterocycles. The maximum absolute atomic E-state index is 5.70. The quantitative estimate of drug-likeness (QED) is 0.800. The highest BCUT2D eigenvalue weighted by atomic mass is 16.5. The topological polar surface area (TPSA) is 64.9 Å². The van der Waals surface area contributed by atoms with Gasteiger partial charge in [-0.2, -0.15) is 4.98 Å². The molecule has 4 heteroatoms. The van der Waals surface area contributed by atoms with E-state index < -0.39 is 0 Å². The fourth-order valence-corrected chi connectivity index (χ4v) is 1.64. The SMILES string of the molecule is CC(C)CCc1noc(C2(CN)CC2)n1. The van der Waals surface area contributed by atoms with Gasteiger partial charge in [0.25, 0.3) is 0 Å². The van der Waals surface area contributed by atoms with Crippen molar-refractivity contribution in [3.8, 4) is 0 Å². The second-order valence-corrected chi connectivity index (χ2v) is 4.93. The van der Waals surface area contributed by atoms with E-state index in [1.807, 2.05) is 0 Å². The number of rotatable bonds is 5. The molecule has 4 nitrogen and oxygen atoms in total.